The summed E-state index contributed by atoms with van der Waals surface area (Å²) in [6, 6.07) is 6.63. The summed E-state index contributed by atoms with van der Waals surface area (Å²) in [5.74, 6) is 0. The molecule has 0 aliphatic carbocycles. The lowest BCUT2D eigenvalue weighted by Crippen LogP contribution is -2.26. The van der Waals surface area contributed by atoms with Crippen molar-refractivity contribution in [1.82, 2.24) is 4.72 Å². The topological polar surface area (TPSA) is 84.2 Å². The molecule has 0 aromatic heterocycles. The van der Waals surface area contributed by atoms with Gasteiger partial charge in [0.05, 0.1) is 11.4 Å². The predicted molar refractivity (Wildman–Crippen MR) is 52.5 cm³/mol. The first-order valence-corrected chi connectivity index (χ1v) is 5.09. The third-order valence-corrected chi connectivity index (χ3v) is 2.50. The number of nitrogens with one attached hydrogen (secondary N) is 2. The largest absolute Gasteiger partial charge is 0.397 e. The quantitative estimate of drug-likeness (QED) is 0.608. The molecule has 0 aliphatic rings. The Labute approximate surface area is 77.1 Å². The van der Waals surface area contributed by atoms with Crippen LogP contribution in [-0.2, 0) is 10.2 Å². The second kappa shape index (κ2) is 3.63. The summed E-state index contributed by atoms with van der Waals surface area (Å²) in [6.45, 7) is 0. The molecule has 0 heterocycles. The molecular weight excluding hydrogens is 190 g/mol. The Kier molecular flexibility index (Phi) is 2.74. The molecule has 4 N–H and O–H groups in total. The van der Waals surface area contributed by atoms with Gasteiger partial charge in [0.2, 0.25) is 0 Å². The Hall–Kier alpha value is -1.27. The van der Waals surface area contributed by atoms with Crippen molar-refractivity contribution < 1.29 is 8.42 Å². The molecule has 0 spiro atoms. The average Bonchev–Trinajstić information content (AvgIpc) is 2.09. The zero-order chi connectivity index (χ0) is 9.90. The van der Waals surface area contributed by atoms with Crippen molar-refractivity contribution in [2.24, 2.45) is 0 Å². The number of anilines is 2. The molecule has 0 aliphatic heterocycles. The minimum Gasteiger partial charge on any atom is -0.397 e. The summed E-state index contributed by atoms with van der Waals surface area (Å²) in [6.07, 6.45) is 0. The van der Waals surface area contributed by atoms with Crippen LogP contribution in [-0.4, -0.2) is 15.5 Å². The maximum absolute atomic E-state index is 11.0. The van der Waals surface area contributed by atoms with Gasteiger partial charge in [-0.1, -0.05) is 12.1 Å². The van der Waals surface area contributed by atoms with Gasteiger partial charge in [-0.15, -0.1) is 0 Å². The Morgan fingerprint density at radius 1 is 1.31 bits per heavy atom. The molecule has 0 unspecified atom stereocenters. The summed E-state index contributed by atoms with van der Waals surface area (Å²) in [5, 5.41) is 0. The number of nitrogen functional groups attached to an aromatic ring is 1. The summed E-state index contributed by atoms with van der Waals surface area (Å²) >= 11 is 0. The fourth-order valence-corrected chi connectivity index (χ4v) is 1.36. The molecule has 6 heteroatoms. The molecule has 1 rings (SSSR count). The molecule has 0 radical (unpaired) electrons. The van der Waals surface area contributed by atoms with Crippen molar-refractivity contribution in [1.29, 1.82) is 0 Å². The third-order valence-electron chi connectivity index (χ3n) is 1.47. The summed E-state index contributed by atoms with van der Waals surface area (Å²) in [4.78, 5) is 0. The molecule has 0 atom stereocenters. The van der Waals surface area contributed by atoms with E-state index < -0.39 is 10.2 Å². The Morgan fingerprint density at radius 2 is 1.92 bits per heavy atom. The van der Waals surface area contributed by atoms with Crippen molar-refractivity contribution in [3.63, 3.8) is 0 Å². The van der Waals surface area contributed by atoms with E-state index in [2.05, 4.69) is 9.44 Å². The second-order valence-corrected chi connectivity index (χ2v) is 4.02. The number of benzene rings is 1. The van der Waals surface area contributed by atoms with E-state index in [9.17, 15) is 8.42 Å². The van der Waals surface area contributed by atoms with Crippen molar-refractivity contribution in [2.45, 2.75) is 0 Å². The maximum atomic E-state index is 11.0. The van der Waals surface area contributed by atoms with E-state index >= 15 is 0 Å². The molecular formula is C7H11N3O2S. The number of hydrogen-bond donors (Lipinski definition) is 3. The van der Waals surface area contributed by atoms with Gasteiger partial charge in [-0.3, -0.25) is 4.72 Å². The lowest BCUT2D eigenvalue weighted by Gasteiger charge is -2.07. The van der Waals surface area contributed by atoms with Crippen molar-refractivity contribution in [3.8, 4) is 0 Å². The number of nitrogens with two attached hydrogens (primary N) is 1. The van der Waals surface area contributed by atoms with Crippen LogP contribution in [0.15, 0.2) is 24.3 Å². The third kappa shape index (κ3) is 2.60. The highest BCUT2D eigenvalue weighted by Crippen LogP contribution is 2.17. The summed E-state index contributed by atoms with van der Waals surface area (Å²) in [5.41, 5.74) is 6.29. The molecule has 1 aromatic rings. The molecule has 13 heavy (non-hydrogen) atoms. The van der Waals surface area contributed by atoms with Gasteiger partial charge < -0.3 is 5.73 Å². The maximum Gasteiger partial charge on any atom is 0.298 e. The SMILES string of the molecule is CNS(=O)(=O)Nc1ccccc1N. The molecule has 0 bridgehead atoms. The monoisotopic (exact) mass is 201 g/mol. The van der Waals surface area contributed by atoms with Gasteiger partial charge in [-0.2, -0.15) is 8.42 Å². The highest BCUT2D eigenvalue weighted by Gasteiger charge is 2.07. The number of para-hydroxylation sites is 2. The molecule has 5 nitrogen and oxygen atoms in total. The average molecular weight is 201 g/mol. The molecule has 0 saturated heterocycles. The van der Waals surface area contributed by atoms with Crippen LogP contribution in [0.4, 0.5) is 11.4 Å². The molecule has 0 amide bonds. The van der Waals surface area contributed by atoms with Crippen molar-refractivity contribution >= 4 is 21.6 Å². The minimum atomic E-state index is -3.48. The van der Waals surface area contributed by atoms with Gasteiger partial charge in [0.1, 0.15) is 0 Å². The van der Waals surface area contributed by atoms with Gasteiger partial charge in [-0.25, -0.2) is 4.72 Å². The van der Waals surface area contributed by atoms with E-state index in [0.29, 0.717) is 11.4 Å². The van der Waals surface area contributed by atoms with E-state index in [1.807, 2.05) is 0 Å². The van der Waals surface area contributed by atoms with Crippen LogP contribution in [0.5, 0.6) is 0 Å². The van der Waals surface area contributed by atoms with Crippen LogP contribution in [0.1, 0.15) is 0 Å². The number of rotatable bonds is 3. The van der Waals surface area contributed by atoms with E-state index in [1.54, 1.807) is 24.3 Å². The summed E-state index contributed by atoms with van der Waals surface area (Å²) in [7, 11) is -2.15. The zero-order valence-electron chi connectivity index (χ0n) is 7.11. The second-order valence-electron chi connectivity index (χ2n) is 2.40. The van der Waals surface area contributed by atoms with Gasteiger partial charge in [0, 0.05) is 7.05 Å². The first kappa shape index (κ1) is 9.82. The van der Waals surface area contributed by atoms with Crippen LogP contribution in [0, 0.1) is 0 Å². The van der Waals surface area contributed by atoms with Gasteiger partial charge in [-0.05, 0) is 12.1 Å². The lowest BCUT2D eigenvalue weighted by molar-refractivity contribution is 0.593. The fourth-order valence-electron chi connectivity index (χ4n) is 0.786. The van der Waals surface area contributed by atoms with E-state index in [-0.39, 0.29) is 0 Å². The van der Waals surface area contributed by atoms with Crippen LogP contribution < -0.4 is 15.2 Å². The highest BCUT2D eigenvalue weighted by molar-refractivity contribution is 7.90. The number of hydrogen-bond acceptors (Lipinski definition) is 3. The first-order chi connectivity index (χ1) is 6.05. The van der Waals surface area contributed by atoms with Crippen LogP contribution in [0.25, 0.3) is 0 Å². The van der Waals surface area contributed by atoms with E-state index in [4.69, 9.17) is 5.73 Å². The highest BCUT2D eigenvalue weighted by atomic mass is 32.2. The molecule has 72 valence electrons. The molecule has 0 saturated carbocycles. The standard InChI is InChI=1S/C7H11N3O2S/c1-9-13(11,12)10-7-5-3-2-4-6(7)8/h2-5,9-10H,8H2,1H3. The molecule has 1 aromatic carbocycles. The Bertz CT molecular complexity index is 388. The summed E-state index contributed by atoms with van der Waals surface area (Å²) < 4.78 is 26.5. The fraction of sp³-hybridized carbons (Fsp3) is 0.143. The van der Waals surface area contributed by atoms with Crippen molar-refractivity contribution in [3.05, 3.63) is 24.3 Å². The minimum absolute atomic E-state index is 0.372. The Balaban J connectivity index is 2.93. The Morgan fingerprint density at radius 3 is 2.46 bits per heavy atom. The van der Waals surface area contributed by atoms with Gasteiger partial charge in [0.25, 0.3) is 10.2 Å². The van der Waals surface area contributed by atoms with Crippen LogP contribution >= 0.6 is 0 Å². The zero-order valence-corrected chi connectivity index (χ0v) is 7.93. The lowest BCUT2D eigenvalue weighted by atomic mass is 10.3. The van der Waals surface area contributed by atoms with Crippen LogP contribution in [0.3, 0.4) is 0 Å². The first-order valence-electron chi connectivity index (χ1n) is 3.61. The molecule has 0 fully saturated rings. The van der Waals surface area contributed by atoms with Crippen molar-refractivity contribution in [2.75, 3.05) is 17.5 Å². The normalized spacial score (nSPS) is 11.2. The van der Waals surface area contributed by atoms with Crippen LogP contribution in [0.2, 0.25) is 0 Å². The van der Waals surface area contributed by atoms with Gasteiger partial charge >= 0.3 is 0 Å². The van der Waals surface area contributed by atoms with Gasteiger partial charge in [0.15, 0.2) is 0 Å². The van der Waals surface area contributed by atoms with E-state index in [0.717, 1.165) is 0 Å². The van der Waals surface area contributed by atoms with E-state index in [1.165, 1.54) is 7.05 Å². The smallest absolute Gasteiger partial charge is 0.298 e. The predicted octanol–water partition coefficient (Wildman–Crippen LogP) is 0.145.